The number of carbonyl (C=O) groups excluding carboxylic acids is 5. The lowest BCUT2D eigenvalue weighted by Crippen LogP contribution is -2.64. The number of ether oxygens (including phenoxy) is 9. The zero-order valence-corrected chi connectivity index (χ0v) is 67.5. The summed E-state index contributed by atoms with van der Waals surface area (Å²) in [5, 5.41) is 96.0. The van der Waals surface area contributed by atoms with Crippen molar-refractivity contribution < 1.29 is 168 Å². The van der Waals surface area contributed by atoms with Crippen LogP contribution in [0.4, 0.5) is 0 Å². The van der Waals surface area contributed by atoms with E-state index < -0.39 is 164 Å². The van der Waals surface area contributed by atoms with Gasteiger partial charge in [-0.1, -0.05) is 6.92 Å². The number of nitrogens with one attached hydrogen (secondary N) is 2. The summed E-state index contributed by atoms with van der Waals surface area (Å²) in [5.41, 5.74) is -1.01. The molecule has 0 spiro atoms. The molecule has 6 fully saturated rings. The van der Waals surface area contributed by atoms with Gasteiger partial charge in [0, 0.05) is 138 Å². The van der Waals surface area contributed by atoms with Gasteiger partial charge in [-0.05, 0) is 103 Å². The van der Waals surface area contributed by atoms with Crippen molar-refractivity contribution in [2.24, 2.45) is 17.3 Å². The van der Waals surface area contributed by atoms with Crippen molar-refractivity contribution >= 4 is 53.0 Å². The molecular weight excluding hydrogens is 1550 g/mol. The third kappa shape index (κ3) is 33.6. The Bertz CT molecular complexity index is 2780. The van der Waals surface area contributed by atoms with E-state index in [4.69, 9.17) is 69.8 Å². The molecule has 43 heteroatoms. The van der Waals surface area contributed by atoms with Crippen LogP contribution in [0.25, 0.3) is 0 Å². The molecule has 6 rings (SSSR count). The molecule has 0 aromatic rings. The predicted octanol–water partition coefficient (Wildman–Crippen LogP) is -0.600. The summed E-state index contributed by atoms with van der Waals surface area (Å²) in [6.45, 7) is 4.11. The molecular formula is C69H126N5O35P3. The maximum atomic E-state index is 13.1. The van der Waals surface area contributed by atoms with Crippen molar-refractivity contribution in [3.8, 4) is 0 Å². The Hall–Kier alpha value is -3.04. The largest absolute Gasteiger partial charge is 0.472 e. The highest BCUT2D eigenvalue weighted by Crippen LogP contribution is 2.48. The molecule has 19 atom stereocenters. The molecule has 6 aliphatic rings. The predicted molar refractivity (Wildman–Crippen MR) is 390 cm³/mol. The normalized spacial score (nSPS) is 29.4. The van der Waals surface area contributed by atoms with E-state index in [1.165, 1.54) is 21.0 Å². The number of phosphoric acid groups is 3. The van der Waals surface area contributed by atoms with Crippen LogP contribution < -0.4 is 10.6 Å². The highest BCUT2D eigenvalue weighted by molar-refractivity contribution is 7.48. The highest BCUT2D eigenvalue weighted by Gasteiger charge is 2.48. The van der Waals surface area contributed by atoms with Gasteiger partial charge in [-0.15, -0.1) is 0 Å². The minimum atomic E-state index is -4.57. The molecule has 0 radical (unpaired) electrons. The second kappa shape index (κ2) is 50.1. The molecule has 5 saturated heterocycles. The summed E-state index contributed by atoms with van der Waals surface area (Å²) in [6, 6.07) is -1.97. The summed E-state index contributed by atoms with van der Waals surface area (Å²) >= 11 is 0. The Labute approximate surface area is 654 Å². The van der Waals surface area contributed by atoms with Crippen LogP contribution in [0.1, 0.15) is 143 Å². The quantitative estimate of drug-likeness (QED) is 0.0267. The number of carbonyl (C=O) groups is 5. The Kier molecular flexibility index (Phi) is 43.8. The van der Waals surface area contributed by atoms with Crippen LogP contribution in [0.3, 0.4) is 0 Å². The Morgan fingerprint density at radius 3 is 1.17 bits per heavy atom. The fourth-order valence-corrected chi connectivity index (χ4v) is 17.1. The summed E-state index contributed by atoms with van der Waals surface area (Å²) in [4.78, 5) is 99.6. The summed E-state index contributed by atoms with van der Waals surface area (Å²) in [7, 11) is -12.2. The number of aliphatic hydroxyl groups is 9. The third-order valence-electron chi connectivity index (χ3n) is 20.4. The van der Waals surface area contributed by atoms with Crippen molar-refractivity contribution in [1.29, 1.82) is 0 Å². The molecule has 5 heterocycles. The lowest BCUT2D eigenvalue weighted by atomic mass is 9.79. The van der Waals surface area contributed by atoms with Gasteiger partial charge >= 0.3 is 23.5 Å². The van der Waals surface area contributed by atoms with Crippen molar-refractivity contribution in [3.05, 3.63) is 0 Å². The van der Waals surface area contributed by atoms with Crippen molar-refractivity contribution in [3.63, 3.8) is 0 Å². The average molecular weight is 1680 g/mol. The van der Waals surface area contributed by atoms with Crippen LogP contribution in [0, 0.1) is 17.3 Å². The highest BCUT2D eigenvalue weighted by atomic mass is 31.2. The molecule has 0 aromatic heterocycles. The zero-order chi connectivity index (χ0) is 82.0. The van der Waals surface area contributed by atoms with Gasteiger partial charge in [-0.25, -0.2) is 13.7 Å². The van der Waals surface area contributed by atoms with Gasteiger partial charge in [0.1, 0.15) is 42.7 Å². The summed E-state index contributed by atoms with van der Waals surface area (Å²) in [6.07, 6.45) is -9.06. The first-order valence-corrected chi connectivity index (χ1v) is 43.5. The van der Waals surface area contributed by atoms with Gasteiger partial charge in [-0.2, -0.15) is 0 Å². The monoisotopic (exact) mass is 1680 g/mol. The van der Waals surface area contributed by atoms with Crippen molar-refractivity contribution in [1.82, 2.24) is 25.3 Å². The number of piperidine rings is 3. The van der Waals surface area contributed by atoms with Crippen LogP contribution in [-0.4, -0.2) is 355 Å². The molecule has 19 unspecified atom stereocenters. The Morgan fingerprint density at radius 2 is 0.795 bits per heavy atom. The smallest absolute Gasteiger partial charge is 0.396 e. The van der Waals surface area contributed by atoms with Gasteiger partial charge in [0.2, 0.25) is 29.5 Å². The van der Waals surface area contributed by atoms with Crippen LogP contribution in [0.2, 0.25) is 0 Å². The van der Waals surface area contributed by atoms with Crippen LogP contribution in [0.15, 0.2) is 0 Å². The molecule has 1 aliphatic carbocycles. The fraction of sp³-hybridized carbons (Fsp3) is 0.928. The molecule has 1 saturated carbocycles. The number of rotatable bonds is 52. The standard InChI is InChI=1S/C69H126N5O35P3/c1-46-61(83)63(85)54(40-76)105-67(46)100-33-9-6-15-57(81)73-25-19-51(20-26-73)108-111(91,92)103-36-12-30-97-44-69(42-95-4,43-96-29-11-35-102-110(89,90)107-50-17-23-72(24-18-50)56(80)14-5-8-32-99-53-38-49(39-75)62(84)65(87)59(53)70-47(2)78)45-98-31-13-37-104-112(93,94)109-52-21-27-74(28-22-52)58(82)16-7-10-34-101-68-60(71-48(3)79)66(88)64(86)55(41-77)106-68/h46,49-55,59-68,75-77,83-88H,5-45H2,1-4H3,(H,70,78)(H,71,79)(H,89,90)(H,91,92)(H,93,94). The topological polar surface area (TPSA) is 552 Å². The van der Waals surface area contributed by atoms with E-state index in [1.54, 1.807) is 21.6 Å². The van der Waals surface area contributed by atoms with Crippen LogP contribution in [0.5, 0.6) is 0 Å². The van der Waals surface area contributed by atoms with E-state index in [-0.39, 0.29) is 220 Å². The number of phosphoric ester groups is 3. The van der Waals surface area contributed by atoms with Gasteiger partial charge in [-0.3, -0.25) is 51.1 Å². The van der Waals surface area contributed by atoms with E-state index in [0.717, 1.165) is 0 Å². The van der Waals surface area contributed by atoms with Gasteiger partial charge in [0.05, 0.1) is 108 Å². The zero-order valence-electron chi connectivity index (χ0n) is 64.8. The fourth-order valence-electron chi connectivity index (χ4n) is 14.1. The lowest BCUT2D eigenvalue weighted by Gasteiger charge is -2.42. The summed E-state index contributed by atoms with van der Waals surface area (Å²) < 4.78 is 124. The van der Waals surface area contributed by atoms with E-state index in [0.29, 0.717) is 51.6 Å². The number of hydrogen-bond acceptors (Lipinski definition) is 32. The number of likely N-dealkylation sites (tertiary alicyclic amines) is 3. The minimum absolute atomic E-state index is 0.0169. The van der Waals surface area contributed by atoms with Crippen LogP contribution in [-0.2, 0) is 107 Å². The molecule has 0 bridgehead atoms. The van der Waals surface area contributed by atoms with Crippen molar-refractivity contribution in [2.45, 2.75) is 241 Å². The number of unbranched alkanes of at least 4 members (excludes halogenated alkanes) is 3. The molecule has 652 valence electrons. The molecule has 5 aliphatic heterocycles. The molecule has 14 N–H and O–H groups in total. The maximum absolute atomic E-state index is 13.1. The molecule has 40 nitrogen and oxygen atoms in total. The summed E-state index contributed by atoms with van der Waals surface area (Å²) in [5.74, 6) is -2.46. The Balaban J connectivity index is 0.889. The molecule has 5 amide bonds. The maximum Gasteiger partial charge on any atom is 0.472 e. The van der Waals surface area contributed by atoms with E-state index in [1.807, 2.05) is 0 Å². The molecule has 0 aromatic carbocycles. The van der Waals surface area contributed by atoms with Gasteiger partial charge < -0.3 is 129 Å². The van der Waals surface area contributed by atoms with E-state index >= 15 is 0 Å². The van der Waals surface area contributed by atoms with E-state index in [2.05, 4.69) is 10.6 Å². The average Bonchev–Trinajstić information content (AvgIpc) is 0.779. The third-order valence-corrected chi connectivity index (χ3v) is 23.6. The second-order valence-corrected chi connectivity index (χ2v) is 33.7. The number of aliphatic hydroxyl groups excluding tert-OH is 9. The number of hydrogen-bond donors (Lipinski definition) is 14. The first-order chi connectivity index (χ1) is 53.3. The van der Waals surface area contributed by atoms with Crippen molar-refractivity contribution in [2.75, 3.05) is 152 Å². The lowest BCUT2D eigenvalue weighted by molar-refractivity contribution is -0.282. The van der Waals surface area contributed by atoms with Gasteiger partial charge in [0.15, 0.2) is 12.6 Å². The Morgan fingerprint density at radius 1 is 0.438 bits per heavy atom. The number of amides is 5. The second-order valence-electron chi connectivity index (χ2n) is 29.5. The SMILES string of the molecule is COCC(COCCCOP(=O)(O)OC1CCN(C(=O)CCCCOC2CC(CO)C(O)C(O)C2NC(C)=O)CC1)(COCCCOP(=O)(O)OC1CCN(C(=O)CCCCOC2OC(CO)C(O)C(O)C2C)CC1)COCCCOP(=O)(O)OC1CCN(C(=O)CCCCOC2OC(CO)C(O)C(O)C2NC(C)=O)CC1. The number of methoxy groups -OCH3 is 1. The van der Waals surface area contributed by atoms with Crippen LogP contribution >= 0.6 is 23.5 Å². The minimum Gasteiger partial charge on any atom is -0.396 e. The van der Waals surface area contributed by atoms with Gasteiger partial charge in [0.25, 0.3) is 0 Å². The van der Waals surface area contributed by atoms with E-state index in [9.17, 15) is 98.3 Å². The first kappa shape index (κ1) is 97.8. The first-order valence-electron chi connectivity index (χ1n) is 39.0. The number of nitrogens with zero attached hydrogens (tertiary/aromatic N) is 3. The molecule has 112 heavy (non-hydrogen) atoms.